The van der Waals surface area contributed by atoms with Crippen molar-refractivity contribution in [1.29, 1.82) is 0 Å². The van der Waals surface area contributed by atoms with E-state index in [1.165, 1.54) is 24.2 Å². The van der Waals surface area contributed by atoms with Gasteiger partial charge in [-0.15, -0.1) is 0 Å². The van der Waals surface area contributed by atoms with Crippen molar-refractivity contribution in [2.75, 3.05) is 19.8 Å². The lowest BCUT2D eigenvalue weighted by Crippen LogP contribution is -2.52. The number of aliphatic imine (C=N–C) groups is 1. The minimum Gasteiger partial charge on any atom is -0.307 e. The number of benzene rings is 1. The van der Waals surface area contributed by atoms with Gasteiger partial charge in [-0.05, 0) is 81.1 Å². The Labute approximate surface area is 207 Å². The van der Waals surface area contributed by atoms with Crippen LogP contribution in [0.25, 0.3) is 0 Å². The van der Waals surface area contributed by atoms with E-state index in [1.54, 1.807) is 20.1 Å². The molecule has 0 radical (unpaired) electrons. The zero-order chi connectivity index (χ0) is 24.4. The number of carbonyl (C=O) groups excluding carboxylic acids is 2. The summed E-state index contributed by atoms with van der Waals surface area (Å²) in [7, 11) is -3.95. The normalized spacial score (nSPS) is 39.6. The molecule has 0 N–H and O–H groups in total. The van der Waals surface area contributed by atoms with Gasteiger partial charge < -0.3 is 9.05 Å². The molecule has 7 rings (SSSR count). The molecule has 0 aromatic heterocycles. The molecule has 1 saturated heterocycles. The van der Waals surface area contributed by atoms with Crippen LogP contribution in [0.2, 0.25) is 0 Å². The Balaban J connectivity index is 1.39. The molecule has 4 saturated carbocycles. The second kappa shape index (κ2) is 8.36. The summed E-state index contributed by atoms with van der Waals surface area (Å²) in [6.45, 7) is 4.28. The van der Waals surface area contributed by atoms with Crippen LogP contribution in [-0.4, -0.2) is 42.7 Å². The molecule has 6 aliphatic rings. The summed E-state index contributed by atoms with van der Waals surface area (Å²) < 4.78 is 26.0. The van der Waals surface area contributed by atoms with Crippen LogP contribution < -0.4 is 0 Å². The molecule has 4 bridgehead atoms. The fourth-order valence-electron chi connectivity index (χ4n) is 8.48. The van der Waals surface area contributed by atoms with Crippen molar-refractivity contribution >= 4 is 25.6 Å². The van der Waals surface area contributed by atoms with E-state index in [4.69, 9.17) is 9.05 Å². The van der Waals surface area contributed by atoms with Gasteiger partial charge in [0.25, 0.3) is 0 Å². The maximum absolute atomic E-state index is 14.4. The molecule has 7 nitrogen and oxygen atoms in total. The minimum atomic E-state index is -3.95. The lowest BCUT2D eigenvalue weighted by Gasteiger charge is -2.57. The van der Waals surface area contributed by atoms with Crippen molar-refractivity contribution in [3.63, 3.8) is 0 Å². The van der Waals surface area contributed by atoms with E-state index < -0.39 is 24.7 Å². The van der Waals surface area contributed by atoms with Crippen molar-refractivity contribution in [3.05, 3.63) is 35.9 Å². The fraction of sp³-hybridized carbons (Fsp3) is 0.667. The number of amides is 2. The van der Waals surface area contributed by atoms with E-state index in [1.807, 2.05) is 30.3 Å². The van der Waals surface area contributed by atoms with Crippen LogP contribution in [0, 0.1) is 35.0 Å². The molecule has 1 aromatic rings. The van der Waals surface area contributed by atoms with Crippen LogP contribution in [0.1, 0.15) is 57.9 Å². The van der Waals surface area contributed by atoms with E-state index >= 15 is 0 Å². The van der Waals surface area contributed by atoms with Gasteiger partial charge in [-0.25, -0.2) is 0 Å². The quantitative estimate of drug-likeness (QED) is 0.372. The van der Waals surface area contributed by atoms with Gasteiger partial charge in [0, 0.05) is 12.8 Å². The molecular formula is C27H35N2O5P. The highest BCUT2D eigenvalue weighted by molar-refractivity contribution is 7.55. The van der Waals surface area contributed by atoms with Gasteiger partial charge >= 0.3 is 7.60 Å². The molecule has 3 unspecified atom stereocenters. The Morgan fingerprint density at radius 1 is 0.943 bits per heavy atom. The number of hydrogen-bond donors (Lipinski definition) is 0. The smallest absolute Gasteiger partial charge is 0.307 e. The maximum atomic E-state index is 14.4. The first kappa shape index (κ1) is 23.6. The maximum Gasteiger partial charge on any atom is 0.363 e. The molecule has 1 aromatic carbocycles. The number of likely N-dealkylation sites (tertiary alicyclic amines) is 1. The molecule has 8 heteroatoms. The summed E-state index contributed by atoms with van der Waals surface area (Å²) in [6, 6.07) is 9.14. The standard InChI is InChI=1S/C27H35N2O5P/c1-3-33-35(32,34-4-2)27(21-8-6-5-7-9-21)23-22(16-28-27)24(30)29(25(23)31)17-26-13-18-10-19(14-26)12-20(11-18)15-26/h5-9,16,18-20,22-23H,3-4,10-15,17H2,1-2H3. The van der Waals surface area contributed by atoms with Gasteiger partial charge in [0.1, 0.15) is 0 Å². The highest BCUT2D eigenvalue weighted by Gasteiger charge is 2.70. The van der Waals surface area contributed by atoms with Crippen LogP contribution >= 0.6 is 7.60 Å². The number of hydrogen-bond acceptors (Lipinski definition) is 6. The number of imide groups is 1. The van der Waals surface area contributed by atoms with Gasteiger partial charge in [0.2, 0.25) is 11.8 Å². The second-order valence-electron chi connectivity index (χ2n) is 11.4. The molecule has 2 heterocycles. The molecule has 35 heavy (non-hydrogen) atoms. The topological polar surface area (TPSA) is 85.3 Å². The molecule has 4 aliphatic carbocycles. The highest BCUT2D eigenvalue weighted by atomic mass is 31.2. The van der Waals surface area contributed by atoms with E-state index in [2.05, 4.69) is 4.99 Å². The molecule has 2 aliphatic heterocycles. The zero-order valence-corrected chi connectivity index (χ0v) is 21.5. The first-order valence-electron chi connectivity index (χ1n) is 13.2. The van der Waals surface area contributed by atoms with Crippen LogP contribution in [0.3, 0.4) is 0 Å². The van der Waals surface area contributed by atoms with Gasteiger partial charge in [-0.2, -0.15) is 0 Å². The summed E-state index contributed by atoms with van der Waals surface area (Å²) in [5.41, 5.74) is 0.626. The average molecular weight is 499 g/mol. The third kappa shape index (κ3) is 3.38. The van der Waals surface area contributed by atoms with Crippen molar-refractivity contribution < 1.29 is 23.2 Å². The molecule has 2 amide bonds. The Hall–Kier alpha value is -1.82. The SMILES string of the molecule is CCOP(=O)(OCC)C1(c2ccccc2)N=CC2C(=O)N(CC34CC5CC(CC(C5)C3)C4)C(=O)C21. The first-order chi connectivity index (χ1) is 16.8. The van der Waals surface area contributed by atoms with Crippen molar-refractivity contribution in [2.45, 2.75) is 57.7 Å². The summed E-state index contributed by atoms with van der Waals surface area (Å²) in [5.74, 6) is 0.0358. The molecule has 3 atom stereocenters. The van der Waals surface area contributed by atoms with E-state index in [0.717, 1.165) is 37.0 Å². The molecule has 0 spiro atoms. The van der Waals surface area contributed by atoms with E-state index in [0.29, 0.717) is 12.1 Å². The van der Waals surface area contributed by atoms with Crippen LogP contribution in [0.4, 0.5) is 0 Å². The Morgan fingerprint density at radius 2 is 1.51 bits per heavy atom. The summed E-state index contributed by atoms with van der Waals surface area (Å²) in [5, 5.41) is -1.56. The number of fused-ring (bicyclic) bond motifs is 1. The predicted octanol–water partition coefficient (Wildman–Crippen LogP) is 5.01. The third-order valence-corrected chi connectivity index (χ3v) is 11.9. The van der Waals surface area contributed by atoms with E-state index in [9.17, 15) is 14.2 Å². The minimum absolute atomic E-state index is 0.0365. The van der Waals surface area contributed by atoms with Crippen molar-refractivity contribution in [2.24, 2.45) is 40.0 Å². The molecule has 188 valence electrons. The molecule has 5 fully saturated rings. The van der Waals surface area contributed by atoms with Crippen molar-refractivity contribution in [1.82, 2.24) is 4.90 Å². The number of carbonyl (C=O) groups is 2. The van der Waals surface area contributed by atoms with Gasteiger partial charge in [-0.1, -0.05) is 30.3 Å². The van der Waals surface area contributed by atoms with Crippen LogP contribution in [-0.2, 0) is 28.5 Å². The largest absolute Gasteiger partial charge is 0.363 e. The fourth-order valence-corrected chi connectivity index (χ4v) is 10.9. The Morgan fingerprint density at radius 3 is 2.06 bits per heavy atom. The Bertz CT molecular complexity index is 1060. The lowest BCUT2D eigenvalue weighted by atomic mass is 9.49. The summed E-state index contributed by atoms with van der Waals surface area (Å²) >= 11 is 0. The summed E-state index contributed by atoms with van der Waals surface area (Å²) in [6.07, 6.45) is 8.80. The van der Waals surface area contributed by atoms with Gasteiger partial charge in [0.05, 0.1) is 25.0 Å². The predicted molar refractivity (Wildman–Crippen MR) is 132 cm³/mol. The van der Waals surface area contributed by atoms with Crippen LogP contribution in [0.5, 0.6) is 0 Å². The lowest BCUT2D eigenvalue weighted by molar-refractivity contribution is -0.146. The number of nitrogens with zero attached hydrogens (tertiary/aromatic N) is 2. The van der Waals surface area contributed by atoms with Gasteiger partial charge in [0.15, 0.2) is 5.28 Å². The molecular weight excluding hydrogens is 463 g/mol. The zero-order valence-electron chi connectivity index (χ0n) is 20.6. The Kier molecular flexibility index (Phi) is 5.63. The second-order valence-corrected chi connectivity index (χ2v) is 13.6. The van der Waals surface area contributed by atoms with Crippen molar-refractivity contribution in [3.8, 4) is 0 Å². The summed E-state index contributed by atoms with van der Waals surface area (Å²) in [4.78, 5) is 34.1. The van der Waals surface area contributed by atoms with E-state index in [-0.39, 0.29) is 30.4 Å². The first-order valence-corrected chi connectivity index (χ1v) is 14.7. The van der Waals surface area contributed by atoms with Crippen LogP contribution in [0.15, 0.2) is 35.3 Å². The third-order valence-electron chi connectivity index (χ3n) is 9.18. The number of rotatable bonds is 8. The average Bonchev–Trinajstić information content (AvgIpc) is 3.33. The highest BCUT2D eigenvalue weighted by Crippen LogP contribution is 2.72. The monoisotopic (exact) mass is 498 g/mol. The van der Waals surface area contributed by atoms with Gasteiger partial charge in [-0.3, -0.25) is 24.0 Å².